The number of benzene rings is 1. The third-order valence-electron chi connectivity index (χ3n) is 4.13. The minimum absolute atomic E-state index is 0.0272. The topological polar surface area (TPSA) is 82.6 Å². The molecule has 26 heavy (non-hydrogen) atoms. The summed E-state index contributed by atoms with van der Waals surface area (Å²) in [5.74, 6) is -0.0957. The number of carbonyl (C=O) groups is 3. The van der Waals surface area contributed by atoms with Crippen molar-refractivity contribution >= 4 is 35.2 Å². The second-order valence-electron chi connectivity index (χ2n) is 6.10. The maximum Gasteiger partial charge on any atom is 0.228 e. The van der Waals surface area contributed by atoms with Gasteiger partial charge in [-0.3, -0.25) is 14.4 Å². The van der Waals surface area contributed by atoms with E-state index in [-0.39, 0.29) is 18.2 Å². The van der Waals surface area contributed by atoms with Gasteiger partial charge >= 0.3 is 0 Å². The Morgan fingerprint density at radius 1 is 1.27 bits per heavy atom. The van der Waals surface area contributed by atoms with Gasteiger partial charge in [0.2, 0.25) is 18.2 Å². The van der Waals surface area contributed by atoms with Crippen LogP contribution in [0.2, 0.25) is 0 Å². The van der Waals surface area contributed by atoms with Crippen molar-refractivity contribution in [3.63, 3.8) is 0 Å². The molecule has 1 fully saturated rings. The number of nitrogens with one attached hydrogen (secondary N) is 1. The highest BCUT2D eigenvalue weighted by atomic mass is 32.1. The van der Waals surface area contributed by atoms with Crippen LogP contribution in [0, 0.1) is 0 Å². The maximum atomic E-state index is 12.4. The van der Waals surface area contributed by atoms with E-state index in [0.717, 1.165) is 28.4 Å². The first-order valence-corrected chi connectivity index (χ1v) is 9.22. The monoisotopic (exact) mass is 372 g/mol. The van der Waals surface area contributed by atoms with Gasteiger partial charge in [-0.05, 0) is 12.1 Å². The molecular formula is C18H20N4O3S. The number of anilines is 1. The summed E-state index contributed by atoms with van der Waals surface area (Å²) < 4.78 is 0. The van der Waals surface area contributed by atoms with E-state index in [1.165, 1.54) is 18.3 Å². The molecule has 1 saturated heterocycles. The molecule has 2 heterocycles. The molecule has 0 radical (unpaired) electrons. The Bertz CT molecular complexity index is 812. The first kappa shape index (κ1) is 18.1. The number of piperazine rings is 1. The van der Waals surface area contributed by atoms with Gasteiger partial charge in [-0.25, -0.2) is 4.98 Å². The maximum absolute atomic E-state index is 12.4. The molecule has 2 aromatic rings. The van der Waals surface area contributed by atoms with Gasteiger partial charge in [-0.1, -0.05) is 12.1 Å². The van der Waals surface area contributed by atoms with Crippen molar-refractivity contribution in [3.05, 3.63) is 35.3 Å². The molecule has 1 aromatic heterocycles. The summed E-state index contributed by atoms with van der Waals surface area (Å²) in [7, 11) is 0. The molecule has 1 aromatic carbocycles. The predicted molar refractivity (Wildman–Crippen MR) is 99.8 cm³/mol. The average molecular weight is 372 g/mol. The minimum atomic E-state index is -0.123. The van der Waals surface area contributed by atoms with Gasteiger partial charge in [-0.15, -0.1) is 11.3 Å². The first-order chi connectivity index (χ1) is 12.5. The van der Waals surface area contributed by atoms with Gasteiger partial charge in [0.1, 0.15) is 5.01 Å². The van der Waals surface area contributed by atoms with Gasteiger partial charge in [-0.2, -0.15) is 0 Å². The summed E-state index contributed by atoms with van der Waals surface area (Å²) in [6.07, 6.45) is 1.08. The van der Waals surface area contributed by atoms with E-state index in [1.807, 2.05) is 29.6 Å². The fourth-order valence-corrected chi connectivity index (χ4v) is 3.61. The number of nitrogens with zero attached hydrogens (tertiary/aromatic N) is 3. The van der Waals surface area contributed by atoms with Gasteiger partial charge in [0.25, 0.3) is 0 Å². The average Bonchev–Trinajstić information content (AvgIpc) is 3.10. The molecule has 0 aliphatic carbocycles. The van der Waals surface area contributed by atoms with Crippen LogP contribution in [0.5, 0.6) is 0 Å². The number of carbonyl (C=O) groups excluding carboxylic acids is 3. The van der Waals surface area contributed by atoms with Crippen LogP contribution in [0.25, 0.3) is 10.6 Å². The van der Waals surface area contributed by atoms with Crippen molar-refractivity contribution in [2.75, 3.05) is 31.5 Å². The SMILES string of the molecule is CC(=O)Nc1cccc(-c2nc(CC(=O)N3CCN(C=O)CC3)cs2)c1. The van der Waals surface area contributed by atoms with Crippen molar-refractivity contribution in [2.45, 2.75) is 13.3 Å². The molecule has 0 unspecified atom stereocenters. The fraction of sp³-hybridized carbons (Fsp3) is 0.333. The Balaban J connectivity index is 1.64. The van der Waals surface area contributed by atoms with E-state index in [1.54, 1.807) is 9.80 Å². The zero-order chi connectivity index (χ0) is 18.5. The summed E-state index contributed by atoms with van der Waals surface area (Å²) >= 11 is 1.47. The molecule has 1 aliphatic rings. The molecule has 0 spiro atoms. The van der Waals surface area contributed by atoms with E-state index >= 15 is 0 Å². The van der Waals surface area contributed by atoms with E-state index in [4.69, 9.17) is 0 Å². The third-order valence-corrected chi connectivity index (χ3v) is 5.07. The molecule has 0 bridgehead atoms. The Morgan fingerprint density at radius 2 is 2.04 bits per heavy atom. The van der Waals surface area contributed by atoms with Crippen LogP contribution >= 0.6 is 11.3 Å². The molecule has 0 atom stereocenters. The largest absolute Gasteiger partial charge is 0.342 e. The number of amides is 3. The summed E-state index contributed by atoms with van der Waals surface area (Å²) in [5.41, 5.74) is 2.35. The van der Waals surface area contributed by atoms with Crippen molar-refractivity contribution in [1.82, 2.24) is 14.8 Å². The lowest BCUT2D eigenvalue weighted by Gasteiger charge is -2.32. The van der Waals surface area contributed by atoms with Crippen molar-refractivity contribution < 1.29 is 14.4 Å². The first-order valence-electron chi connectivity index (χ1n) is 8.34. The molecule has 3 amide bonds. The summed E-state index contributed by atoms with van der Waals surface area (Å²) in [4.78, 5) is 42.4. The number of thiazole rings is 1. The normalized spacial score (nSPS) is 14.2. The summed E-state index contributed by atoms with van der Waals surface area (Å²) in [5, 5.41) is 5.45. The van der Waals surface area contributed by atoms with Crippen molar-refractivity contribution in [1.29, 1.82) is 0 Å². The molecule has 7 nitrogen and oxygen atoms in total. The van der Waals surface area contributed by atoms with E-state index in [9.17, 15) is 14.4 Å². The minimum Gasteiger partial charge on any atom is -0.342 e. The Kier molecular flexibility index (Phi) is 5.62. The van der Waals surface area contributed by atoms with Crippen LogP contribution in [0.1, 0.15) is 12.6 Å². The Labute approximate surface area is 155 Å². The van der Waals surface area contributed by atoms with Crippen LogP contribution in [0.4, 0.5) is 5.69 Å². The number of hydrogen-bond donors (Lipinski definition) is 1. The highest BCUT2D eigenvalue weighted by molar-refractivity contribution is 7.13. The molecule has 0 saturated carbocycles. The van der Waals surface area contributed by atoms with Crippen molar-refractivity contribution in [2.24, 2.45) is 0 Å². The third kappa shape index (κ3) is 4.45. The van der Waals surface area contributed by atoms with Gasteiger partial charge in [0, 0.05) is 49.7 Å². The number of aromatic nitrogens is 1. The molecular weight excluding hydrogens is 352 g/mol. The smallest absolute Gasteiger partial charge is 0.228 e. The molecule has 8 heteroatoms. The van der Waals surface area contributed by atoms with Crippen molar-refractivity contribution in [3.8, 4) is 10.6 Å². The lowest BCUT2D eigenvalue weighted by molar-refractivity contribution is -0.134. The van der Waals surface area contributed by atoms with Crippen LogP contribution in [0.3, 0.4) is 0 Å². The summed E-state index contributed by atoms with van der Waals surface area (Å²) in [6, 6.07) is 7.47. The fourth-order valence-electron chi connectivity index (χ4n) is 2.80. The predicted octanol–water partition coefficient (Wildman–Crippen LogP) is 1.61. The van der Waals surface area contributed by atoms with Crippen LogP contribution in [0.15, 0.2) is 29.6 Å². The Hall–Kier alpha value is -2.74. The van der Waals surface area contributed by atoms with E-state index < -0.39 is 0 Å². The molecule has 136 valence electrons. The van der Waals surface area contributed by atoms with Gasteiger partial charge < -0.3 is 15.1 Å². The standard InChI is InChI=1S/C18H20N4O3S/c1-13(24)19-15-4-2-3-14(9-15)18-20-16(11-26-18)10-17(25)22-7-5-21(12-23)6-8-22/h2-4,9,11-12H,5-8,10H2,1H3,(H,19,24). The van der Waals surface area contributed by atoms with Crippen LogP contribution in [-0.2, 0) is 20.8 Å². The summed E-state index contributed by atoms with van der Waals surface area (Å²) in [6.45, 7) is 3.75. The number of hydrogen-bond acceptors (Lipinski definition) is 5. The molecule has 1 N–H and O–H groups in total. The van der Waals surface area contributed by atoms with E-state index in [0.29, 0.717) is 26.2 Å². The lowest BCUT2D eigenvalue weighted by atomic mass is 10.2. The lowest BCUT2D eigenvalue weighted by Crippen LogP contribution is -2.48. The number of rotatable bonds is 5. The highest BCUT2D eigenvalue weighted by Gasteiger charge is 2.21. The molecule has 1 aliphatic heterocycles. The quantitative estimate of drug-likeness (QED) is 0.809. The zero-order valence-corrected chi connectivity index (χ0v) is 15.3. The van der Waals surface area contributed by atoms with Crippen LogP contribution < -0.4 is 5.32 Å². The van der Waals surface area contributed by atoms with Gasteiger partial charge in [0.05, 0.1) is 12.1 Å². The van der Waals surface area contributed by atoms with Crippen LogP contribution in [-0.4, -0.2) is 59.2 Å². The zero-order valence-electron chi connectivity index (χ0n) is 14.5. The van der Waals surface area contributed by atoms with E-state index in [2.05, 4.69) is 10.3 Å². The van der Waals surface area contributed by atoms with Gasteiger partial charge in [0.15, 0.2) is 0 Å². The second-order valence-corrected chi connectivity index (χ2v) is 6.96. The highest BCUT2D eigenvalue weighted by Crippen LogP contribution is 2.26. The molecule has 3 rings (SSSR count). The second kappa shape index (κ2) is 8.09. The Morgan fingerprint density at radius 3 is 2.73 bits per heavy atom.